The van der Waals surface area contributed by atoms with E-state index in [0.29, 0.717) is 0 Å². The predicted molar refractivity (Wildman–Crippen MR) is 216 cm³/mol. The lowest BCUT2D eigenvalue weighted by molar-refractivity contribution is 0.666. The topological polar surface area (TPSA) is 15.3 Å². The quantitative estimate of drug-likeness (QED) is 0.199. The van der Waals surface area contributed by atoms with Gasteiger partial charge in [-0.2, -0.15) is 0 Å². The van der Waals surface area contributed by atoms with Crippen molar-refractivity contribution < 1.29 is 0 Å². The summed E-state index contributed by atoms with van der Waals surface area (Å²) in [5, 5.41) is 6.37. The van der Waals surface area contributed by atoms with Crippen molar-refractivity contribution in [3.05, 3.63) is 187 Å². The molecule has 2 heteroatoms. The highest BCUT2D eigenvalue weighted by molar-refractivity contribution is 6.15. The molecule has 0 spiro atoms. The van der Waals surface area contributed by atoms with Crippen molar-refractivity contribution in [2.75, 3.05) is 10.2 Å². The molecule has 0 unspecified atom stereocenters. The molecule has 10 rings (SSSR count). The lowest BCUT2D eigenvalue weighted by Crippen LogP contribution is -2.16. The maximum Gasteiger partial charge on any atom is 0.0470 e. The van der Waals surface area contributed by atoms with Gasteiger partial charge < -0.3 is 10.2 Å². The molecule has 51 heavy (non-hydrogen) atoms. The van der Waals surface area contributed by atoms with E-state index in [4.69, 9.17) is 0 Å². The van der Waals surface area contributed by atoms with Crippen molar-refractivity contribution in [1.29, 1.82) is 0 Å². The van der Waals surface area contributed by atoms with Gasteiger partial charge in [0.25, 0.3) is 0 Å². The van der Waals surface area contributed by atoms with Gasteiger partial charge in [-0.25, -0.2) is 0 Å². The molecule has 0 saturated heterocycles. The highest BCUT2D eigenvalue weighted by Crippen LogP contribution is 2.57. The average molecular weight is 653 g/mol. The van der Waals surface area contributed by atoms with Crippen LogP contribution < -0.4 is 10.2 Å². The molecule has 0 fully saturated rings. The summed E-state index contributed by atoms with van der Waals surface area (Å²) in [6.45, 7) is 4.78. The minimum absolute atomic E-state index is 0.156. The number of nitrogens with zero attached hydrogens (tertiary/aromatic N) is 1. The zero-order valence-corrected chi connectivity index (χ0v) is 28.7. The van der Waals surface area contributed by atoms with Crippen molar-refractivity contribution in [3.8, 4) is 44.5 Å². The van der Waals surface area contributed by atoms with E-state index in [9.17, 15) is 0 Å². The summed E-state index contributed by atoms with van der Waals surface area (Å²) in [5.41, 5.74) is 18.4. The molecule has 1 heterocycles. The fraction of sp³-hybridized carbons (Fsp3) is 0.0612. The van der Waals surface area contributed by atoms with Crippen LogP contribution in [0.3, 0.4) is 0 Å². The van der Waals surface area contributed by atoms with Gasteiger partial charge in [-0.1, -0.05) is 135 Å². The molecule has 8 aromatic carbocycles. The van der Waals surface area contributed by atoms with Gasteiger partial charge in [-0.15, -0.1) is 0 Å². The molecule has 1 N–H and O–H groups in total. The Balaban J connectivity index is 1.15. The van der Waals surface area contributed by atoms with Crippen LogP contribution in [0.2, 0.25) is 0 Å². The number of hydrogen-bond acceptors (Lipinski definition) is 2. The van der Waals surface area contributed by atoms with Crippen molar-refractivity contribution in [2.24, 2.45) is 0 Å². The molecular formula is C49H36N2. The Kier molecular flexibility index (Phi) is 6.56. The van der Waals surface area contributed by atoms with Gasteiger partial charge in [0.05, 0.1) is 0 Å². The molecular weight excluding hydrogens is 617 g/mol. The number of para-hydroxylation sites is 1. The van der Waals surface area contributed by atoms with Crippen LogP contribution in [0.15, 0.2) is 176 Å². The molecule has 242 valence electrons. The van der Waals surface area contributed by atoms with Gasteiger partial charge in [0.15, 0.2) is 0 Å². The maximum absolute atomic E-state index is 3.73. The van der Waals surface area contributed by atoms with Crippen LogP contribution in [0.5, 0.6) is 0 Å². The largest absolute Gasteiger partial charge is 0.354 e. The second-order valence-electron chi connectivity index (χ2n) is 14.3. The molecule has 1 aliphatic carbocycles. The summed E-state index contributed by atoms with van der Waals surface area (Å²) < 4.78 is 0. The molecule has 0 atom stereocenters. The number of fused-ring (bicyclic) bond motifs is 6. The van der Waals surface area contributed by atoms with Gasteiger partial charge in [0.2, 0.25) is 0 Å². The third-order valence-corrected chi connectivity index (χ3v) is 11.0. The first-order chi connectivity index (χ1) is 25.0. The Morgan fingerprint density at radius 1 is 0.412 bits per heavy atom. The van der Waals surface area contributed by atoms with Crippen LogP contribution >= 0.6 is 0 Å². The zero-order chi connectivity index (χ0) is 34.1. The summed E-state index contributed by atoms with van der Waals surface area (Å²) >= 11 is 0. The first-order valence-electron chi connectivity index (χ1n) is 17.8. The van der Waals surface area contributed by atoms with Crippen LogP contribution in [0, 0.1) is 0 Å². The third-order valence-electron chi connectivity index (χ3n) is 11.0. The summed E-state index contributed by atoms with van der Waals surface area (Å²) in [5.74, 6) is 0. The molecule has 0 bridgehead atoms. The molecule has 0 amide bonds. The minimum atomic E-state index is -0.156. The van der Waals surface area contributed by atoms with Crippen molar-refractivity contribution >= 4 is 39.2 Å². The number of rotatable bonds is 5. The lowest BCUT2D eigenvalue weighted by Gasteiger charge is -2.28. The molecule has 8 aromatic rings. The maximum atomic E-state index is 3.73. The SMILES string of the molecule is CC1(C)c2ccc(N(c3ccc(-c4ccccc4)cc3)c3ccc(-c4ccccc4)cc3)cc2-c2cc3c4c(cccc4c21)Nc1ccccc1-3. The van der Waals surface area contributed by atoms with Crippen LogP contribution in [0.25, 0.3) is 55.3 Å². The highest BCUT2D eigenvalue weighted by Gasteiger charge is 2.39. The summed E-state index contributed by atoms with van der Waals surface area (Å²) in [6, 6.07) is 64.2. The molecule has 2 aliphatic rings. The number of anilines is 5. The van der Waals surface area contributed by atoms with Gasteiger partial charge in [-0.05, 0) is 110 Å². The normalized spacial score (nSPS) is 13.2. The van der Waals surface area contributed by atoms with E-state index in [1.165, 1.54) is 72.1 Å². The van der Waals surface area contributed by atoms with Gasteiger partial charge in [0, 0.05) is 44.8 Å². The fourth-order valence-electron chi connectivity index (χ4n) is 8.55. The monoisotopic (exact) mass is 652 g/mol. The Morgan fingerprint density at radius 3 is 1.61 bits per heavy atom. The Labute approximate surface area is 299 Å². The smallest absolute Gasteiger partial charge is 0.0470 e. The van der Waals surface area contributed by atoms with E-state index in [0.717, 1.165) is 22.7 Å². The van der Waals surface area contributed by atoms with E-state index < -0.39 is 0 Å². The van der Waals surface area contributed by atoms with Crippen molar-refractivity contribution in [2.45, 2.75) is 19.3 Å². The third kappa shape index (κ3) is 4.64. The molecule has 0 aromatic heterocycles. The number of nitrogens with one attached hydrogen (secondary N) is 1. The average Bonchev–Trinajstić information content (AvgIpc) is 3.41. The Hall–Kier alpha value is -6.38. The Morgan fingerprint density at radius 2 is 0.961 bits per heavy atom. The van der Waals surface area contributed by atoms with E-state index in [-0.39, 0.29) is 5.41 Å². The molecule has 2 nitrogen and oxygen atoms in total. The summed E-state index contributed by atoms with van der Waals surface area (Å²) in [4.78, 5) is 2.40. The summed E-state index contributed by atoms with van der Waals surface area (Å²) in [7, 11) is 0. The van der Waals surface area contributed by atoms with Crippen LogP contribution in [-0.2, 0) is 5.41 Å². The number of benzene rings is 8. The van der Waals surface area contributed by atoms with Gasteiger partial charge in [-0.3, -0.25) is 0 Å². The van der Waals surface area contributed by atoms with Gasteiger partial charge >= 0.3 is 0 Å². The van der Waals surface area contributed by atoms with Crippen LogP contribution in [0.1, 0.15) is 25.0 Å². The first-order valence-corrected chi connectivity index (χ1v) is 17.8. The van der Waals surface area contributed by atoms with Crippen LogP contribution in [-0.4, -0.2) is 0 Å². The summed E-state index contributed by atoms with van der Waals surface area (Å²) in [6.07, 6.45) is 0. The zero-order valence-electron chi connectivity index (χ0n) is 28.7. The fourth-order valence-corrected chi connectivity index (χ4v) is 8.55. The lowest BCUT2D eigenvalue weighted by atomic mass is 9.78. The van der Waals surface area contributed by atoms with E-state index >= 15 is 0 Å². The van der Waals surface area contributed by atoms with Gasteiger partial charge in [0.1, 0.15) is 0 Å². The number of hydrogen-bond donors (Lipinski definition) is 1. The molecule has 0 radical (unpaired) electrons. The minimum Gasteiger partial charge on any atom is -0.354 e. The van der Waals surface area contributed by atoms with E-state index in [1.54, 1.807) is 0 Å². The highest BCUT2D eigenvalue weighted by atomic mass is 15.1. The van der Waals surface area contributed by atoms with E-state index in [2.05, 4.69) is 200 Å². The molecule has 0 saturated carbocycles. The molecule has 1 aliphatic heterocycles. The predicted octanol–water partition coefficient (Wildman–Crippen LogP) is 13.7. The second-order valence-corrected chi connectivity index (χ2v) is 14.3. The Bertz CT molecular complexity index is 2520. The van der Waals surface area contributed by atoms with Crippen LogP contribution in [0.4, 0.5) is 28.4 Å². The van der Waals surface area contributed by atoms with E-state index in [1.807, 2.05) is 0 Å². The standard InChI is InChI=1S/C49H36N2/c1-49(2)44-29-28-38(30-41(44)43-31-42-39-16-9-10-18-45(39)50-46-19-11-17-40(47(42)46)48(43)49)51(36-24-20-34(21-25-36)32-12-5-3-6-13-32)37-26-22-35(23-27-37)33-14-7-4-8-15-33/h3-31,50H,1-2H3. The first kappa shape index (κ1) is 29.5. The second kappa shape index (κ2) is 11.3. The van der Waals surface area contributed by atoms with Crippen molar-refractivity contribution in [3.63, 3.8) is 0 Å². The van der Waals surface area contributed by atoms with Crippen molar-refractivity contribution in [1.82, 2.24) is 0 Å².